The molecule has 2 heterocycles. The zero-order valence-electron chi connectivity index (χ0n) is 8.36. The summed E-state index contributed by atoms with van der Waals surface area (Å²) >= 11 is 0. The van der Waals surface area contributed by atoms with Crippen molar-refractivity contribution in [2.45, 2.75) is 25.5 Å². The van der Waals surface area contributed by atoms with E-state index >= 15 is 0 Å². The maximum Gasteiger partial charge on any atom is 0.171 e. The van der Waals surface area contributed by atoms with Gasteiger partial charge in [-0.3, -0.25) is 0 Å². The molecular weight excluding hydrogens is 214 g/mol. The topological polar surface area (TPSA) is 30.5 Å². The summed E-state index contributed by atoms with van der Waals surface area (Å²) in [6, 6.07) is 6.83. The van der Waals surface area contributed by atoms with Gasteiger partial charge < -0.3 is 10.2 Å². The van der Waals surface area contributed by atoms with E-state index in [1.54, 1.807) is 0 Å². The molecule has 82 valence electrons. The average Bonchev–Trinajstić information content (AvgIpc) is 2.88. The first-order valence-electron chi connectivity index (χ1n) is 5.09. The van der Waals surface area contributed by atoms with Crippen LogP contribution in [0.2, 0.25) is 0 Å². The van der Waals surface area contributed by atoms with Crippen molar-refractivity contribution >= 4 is 12.4 Å². The van der Waals surface area contributed by atoms with Crippen LogP contribution in [0.25, 0.3) is 0 Å². The third-order valence-corrected chi connectivity index (χ3v) is 2.91. The molecule has 0 bridgehead atoms. The Bertz CT molecular complexity index is 350. The minimum absolute atomic E-state index is 0. The van der Waals surface area contributed by atoms with Gasteiger partial charge >= 0.3 is 0 Å². The van der Waals surface area contributed by atoms with Crippen molar-refractivity contribution in [3.05, 3.63) is 29.3 Å². The lowest BCUT2D eigenvalue weighted by atomic mass is 10.0. The molecule has 3 rings (SSSR count). The van der Waals surface area contributed by atoms with E-state index in [-0.39, 0.29) is 12.4 Å². The van der Waals surface area contributed by atoms with E-state index in [4.69, 9.17) is 9.78 Å². The van der Waals surface area contributed by atoms with E-state index in [1.807, 2.05) is 6.07 Å². The van der Waals surface area contributed by atoms with Gasteiger partial charge in [0.2, 0.25) is 0 Å². The fraction of sp³-hybridized carbons (Fsp3) is 0.455. The first kappa shape index (κ1) is 10.7. The lowest BCUT2D eigenvalue weighted by molar-refractivity contribution is -0.194. The number of halogens is 1. The lowest BCUT2D eigenvalue weighted by Gasteiger charge is -2.10. The molecule has 2 aliphatic rings. The highest BCUT2D eigenvalue weighted by Gasteiger charge is 2.20. The molecule has 1 atom stereocenters. The lowest BCUT2D eigenvalue weighted by Crippen LogP contribution is -2.12. The maximum atomic E-state index is 5.00. The van der Waals surface area contributed by atoms with Crippen LogP contribution in [-0.4, -0.2) is 6.54 Å². The van der Waals surface area contributed by atoms with E-state index in [0.717, 1.165) is 17.9 Å². The van der Waals surface area contributed by atoms with Crippen LogP contribution in [0.1, 0.15) is 30.0 Å². The molecule has 15 heavy (non-hydrogen) atoms. The summed E-state index contributed by atoms with van der Waals surface area (Å²) in [7, 11) is 0. The summed E-state index contributed by atoms with van der Waals surface area (Å²) in [4.78, 5) is 9.91. The number of hydrogen-bond donors (Lipinski definition) is 1. The molecule has 4 heteroatoms. The zero-order valence-corrected chi connectivity index (χ0v) is 9.18. The van der Waals surface area contributed by atoms with Gasteiger partial charge in [-0.2, -0.15) is 4.89 Å². The van der Waals surface area contributed by atoms with Crippen LogP contribution < -0.4 is 10.2 Å². The molecule has 1 aromatic rings. The summed E-state index contributed by atoms with van der Waals surface area (Å²) in [6.45, 7) is 1.71. The smallest absolute Gasteiger partial charge is 0.171 e. The Morgan fingerprint density at radius 3 is 3.07 bits per heavy atom. The third-order valence-electron chi connectivity index (χ3n) is 2.91. The standard InChI is InChI=1S/C11H13NO2.ClH/c1-2-10(12-5-1)8-3-4-11-9(6-8)7-13-14-11;/h3-4,6,10,12H,1-2,5,7H2;1H. The van der Waals surface area contributed by atoms with Crippen molar-refractivity contribution in [3.63, 3.8) is 0 Å². The van der Waals surface area contributed by atoms with Crippen LogP contribution in [0.4, 0.5) is 0 Å². The Labute approximate surface area is 95.1 Å². The van der Waals surface area contributed by atoms with Gasteiger partial charge in [-0.25, -0.2) is 0 Å². The van der Waals surface area contributed by atoms with Crippen LogP contribution in [0.5, 0.6) is 5.75 Å². The first-order valence-corrected chi connectivity index (χ1v) is 5.09. The molecule has 0 amide bonds. The summed E-state index contributed by atoms with van der Waals surface area (Å²) in [5, 5.41) is 3.48. The van der Waals surface area contributed by atoms with Crippen molar-refractivity contribution in [1.82, 2.24) is 5.32 Å². The second-order valence-corrected chi connectivity index (χ2v) is 3.86. The average molecular weight is 228 g/mol. The fourth-order valence-corrected chi connectivity index (χ4v) is 2.14. The van der Waals surface area contributed by atoms with Crippen LogP contribution in [0.15, 0.2) is 18.2 Å². The van der Waals surface area contributed by atoms with Crippen molar-refractivity contribution in [3.8, 4) is 5.75 Å². The van der Waals surface area contributed by atoms with Crippen LogP contribution in [-0.2, 0) is 11.5 Å². The van der Waals surface area contributed by atoms with Gasteiger partial charge in [-0.15, -0.1) is 12.4 Å². The summed E-state index contributed by atoms with van der Waals surface area (Å²) in [5.41, 5.74) is 2.52. The largest absolute Gasteiger partial charge is 0.337 e. The highest BCUT2D eigenvalue weighted by Crippen LogP contribution is 2.31. The van der Waals surface area contributed by atoms with Gasteiger partial charge in [0.05, 0.1) is 0 Å². The number of rotatable bonds is 1. The molecule has 1 unspecified atom stereocenters. The molecule has 0 aromatic heterocycles. The van der Waals surface area contributed by atoms with Gasteiger partial charge in [-0.05, 0) is 37.1 Å². The highest BCUT2D eigenvalue weighted by molar-refractivity contribution is 5.85. The van der Waals surface area contributed by atoms with Crippen LogP contribution >= 0.6 is 12.4 Å². The molecule has 0 saturated carbocycles. The van der Waals surface area contributed by atoms with Gasteiger partial charge in [0.15, 0.2) is 5.75 Å². The van der Waals surface area contributed by atoms with Gasteiger partial charge in [0.1, 0.15) is 6.61 Å². The molecule has 0 radical (unpaired) electrons. The predicted molar refractivity (Wildman–Crippen MR) is 59.1 cm³/mol. The molecule has 1 aromatic carbocycles. The minimum atomic E-state index is 0. The van der Waals surface area contributed by atoms with E-state index in [0.29, 0.717) is 12.6 Å². The molecule has 2 aliphatic heterocycles. The fourth-order valence-electron chi connectivity index (χ4n) is 2.14. The summed E-state index contributed by atoms with van der Waals surface area (Å²) in [5.74, 6) is 0.867. The number of nitrogens with one attached hydrogen (secondary N) is 1. The Kier molecular flexibility index (Phi) is 3.14. The molecule has 1 N–H and O–H groups in total. The third kappa shape index (κ3) is 1.95. The Morgan fingerprint density at radius 2 is 2.27 bits per heavy atom. The quantitative estimate of drug-likeness (QED) is 0.748. The molecule has 1 fully saturated rings. The number of benzene rings is 1. The zero-order chi connectivity index (χ0) is 9.38. The van der Waals surface area contributed by atoms with Crippen LogP contribution in [0, 0.1) is 0 Å². The molecule has 3 nitrogen and oxygen atoms in total. The van der Waals surface area contributed by atoms with Gasteiger partial charge in [0, 0.05) is 11.6 Å². The molecule has 1 saturated heterocycles. The van der Waals surface area contributed by atoms with Gasteiger partial charge in [-0.1, -0.05) is 6.07 Å². The molecule has 0 spiro atoms. The minimum Gasteiger partial charge on any atom is -0.337 e. The Morgan fingerprint density at radius 1 is 1.33 bits per heavy atom. The van der Waals surface area contributed by atoms with Crippen molar-refractivity contribution < 1.29 is 9.78 Å². The second kappa shape index (κ2) is 4.39. The summed E-state index contributed by atoms with van der Waals surface area (Å²) < 4.78 is 0. The van der Waals surface area contributed by atoms with Gasteiger partial charge in [0.25, 0.3) is 0 Å². The maximum absolute atomic E-state index is 5.00. The van der Waals surface area contributed by atoms with Crippen molar-refractivity contribution in [2.24, 2.45) is 0 Å². The highest BCUT2D eigenvalue weighted by atomic mass is 35.5. The first-order chi connectivity index (χ1) is 6.93. The SMILES string of the molecule is Cl.c1cc2c(cc1C1CCCN1)COO2. The van der Waals surface area contributed by atoms with E-state index < -0.39 is 0 Å². The van der Waals surface area contributed by atoms with Crippen molar-refractivity contribution in [1.29, 1.82) is 0 Å². The van der Waals surface area contributed by atoms with E-state index in [9.17, 15) is 0 Å². The van der Waals surface area contributed by atoms with Crippen molar-refractivity contribution in [2.75, 3.05) is 6.54 Å². The van der Waals surface area contributed by atoms with E-state index in [2.05, 4.69) is 17.4 Å². The number of fused-ring (bicyclic) bond motifs is 1. The molecule has 0 aliphatic carbocycles. The number of hydrogen-bond acceptors (Lipinski definition) is 3. The second-order valence-electron chi connectivity index (χ2n) is 3.86. The Balaban J connectivity index is 0.000000853. The monoisotopic (exact) mass is 227 g/mol. The molecular formula is C11H14ClNO2. The predicted octanol–water partition coefficient (Wildman–Crippen LogP) is 2.36. The van der Waals surface area contributed by atoms with E-state index in [1.165, 1.54) is 18.4 Å². The Hall–Kier alpha value is -0.770. The normalized spacial score (nSPS) is 23.1. The van der Waals surface area contributed by atoms with Crippen LogP contribution in [0.3, 0.4) is 0 Å². The summed E-state index contributed by atoms with van der Waals surface area (Å²) in [6.07, 6.45) is 2.51.